The average Bonchev–Trinajstić information content (AvgIpc) is 3.38. The number of hydrogen-bond acceptors (Lipinski definition) is 4. The van der Waals surface area contributed by atoms with E-state index in [4.69, 9.17) is 0 Å². The van der Waals surface area contributed by atoms with Crippen molar-refractivity contribution in [1.29, 1.82) is 0 Å². The van der Waals surface area contributed by atoms with Gasteiger partial charge in [0, 0.05) is 31.2 Å². The predicted molar refractivity (Wildman–Crippen MR) is 123 cm³/mol. The van der Waals surface area contributed by atoms with E-state index in [1.54, 1.807) is 12.4 Å². The van der Waals surface area contributed by atoms with Crippen molar-refractivity contribution in [1.82, 2.24) is 9.88 Å². The van der Waals surface area contributed by atoms with Gasteiger partial charge < -0.3 is 15.5 Å². The van der Waals surface area contributed by atoms with Gasteiger partial charge in [-0.05, 0) is 54.2 Å². The first-order valence-corrected chi connectivity index (χ1v) is 11.2. The van der Waals surface area contributed by atoms with Crippen LogP contribution in [0.4, 0.5) is 11.4 Å². The number of amides is 2. The molecule has 3 aromatic rings. The third-order valence-corrected chi connectivity index (χ3v) is 7.15. The van der Waals surface area contributed by atoms with Crippen LogP contribution < -0.4 is 10.6 Å². The summed E-state index contributed by atoms with van der Waals surface area (Å²) in [4.78, 5) is 33.7. The SMILES string of the molecule is O=C(c1cccc2c1NCCC2)N1CCC2(C(=O)Nc3ccccc32)C1c1cccnc1. The summed E-state index contributed by atoms with van der Waals surface area (Å²) in [6.07, 6.45) is 6.11. The molecule has 1 aromatic heterocycles. The molecule has 0 bridgehead atoms. The molecule has 6 heteroatoms. The minimum absolute atomic E-state index is 0.0424. The first kappa shape index (κ1) is 19.0. The van der Waals surface area contributed by atoms with Crippen molar-refractivity contribution in [3.8, 4) is 0 Å². The Balaban J connectivity index is 1.50. The van der Waals surface area contributed by atoms with Crippen LogP contribution in [-0.2, 0) is 16.6 Å². The lowest BCUT2D eigenvalue weighted by atomic mass is 9.73. The Morgan fingerprint density at radius 1 is 1.09 bits per heavy atom. The smallest absolute Gasteiger partial charge is 0.256 e. The Kier molecular flexibility index (Phi) is 4.28. The van der Waals surface area contributed by atoms with Gasteiger partial charge in [-0.1, -0.05) is 36.4 Å². The number of fused-ring (bicyclic) bond motifs is 3. The van der Waals surface area contributed by atoms with Gasteiger partial charge in [0.1, 0.15) is 5.41 Å². The summed E-state index contributed by atoms with van der Waals surface area (Å²) in [5.74, 6) is -0.0878. The lowest BCUT2D eigenvalue weighted by molar-refractivity contribution is -0.121. The minimum atomic E-state index is -0.822. The third-order valence-electron chi connectivity index (χ3n) is 7.15. The van der Waals surface area contributed by atoms with Crippen molar-refractivity contribution in [3.05, 3.63) is 89.2 Å². The lowest BCUT2D eigenvalue weighted by Gasteiger charge is -2.34. The Morgan fingerprint density at radius 3 is 2.88 bits per heavy atom. The van der Waals surface area contributed by atoms with E-state index in [1.165, 1.54) is 5.56 Å². The van der Waals surface area contributed by atoms with E-state index in [0.29, 0.717) is 18.5 Å². The number of benzene rings is 2. The van der Waals surface area contributed by atoms with Crippen molar-refractivity contribution >= 4 is 23.2 Å². The number of carbonyl (C=O) groups is 2. The first-order chi connectivity index (χ1) is 15.7. The predicted octanol–water partition coefficient (Wildman–Crippen LogP) is 3.92. The van der Waals surface area contributed by atoms with Gasteiger partial charge in [-0.2, -0.15) is 0 Å². The molecule has 2 unspecified atom stereocenters. The highest BCUT2D eigenvalue weighted by Crippen LogP contribution is 2.55. The second-order valence-electron chi connectivity index (χ2n) is 8.78. The summed E-state index contributed by atoms with van der Waals surface area (Å²) in [6, 6.07) is 17.2. The molecule has 6 nitrogen and oxygen atoms in total. The van der Waals surface area contributed by atoms with Crippen molar-refractivity contribution < 1.29 is 9.59 Å². The minimum Gasteiger partial charge on any atom is -0.384 e. The molecule has 0 aliphatic carbocycles. The molecule has 0 saturated carbocycles. The Bertz CT molecular complexity index is 1230. The van der Waals surface area contributed by atoms with E-state index < -0.39 is 11.5 Å². The second kappa shape index (κ2) is 7.19. The van der Waals surface area contributed by atoms with Crippen LogP contribution in [0, 0.1) is 0 Å². The Morgan fingerprint density at radius 2 is 2.00 bits per heavy atom. The van der Waals surface area contributed by atoms with Crippen LogP contribution in [0.3, 0.4) is 0 Å². The van der Waals surface area contributed by atoms with E-state index in [-0.39, 0.29) is 11.8 Å². The average molecular weight is 425 g/mol. The van der Waals surface area contributed by atoms with Crippen LogP contribution in [0.1, 0.15) is 45.9 Å². The third kappa shape index (κ3) is 2.62. The maximum absolute atomic E-state index is 14.0. The number of anilines is 2. The number of rotatable bonds is 2. The van der Waals surface area contributed by atoms with E-state index in [0.717, 1.165) is 41.9 Å². The van der Waals surface area contributed by atoms with Crippen molar-refractivity contribution in [2.45, 2.75) is 30.7 Å². The molecule has 1 saturated heterocycles. The normalized spacial score (nSPS) is 23.4. The quantitative estimate of drug-likeness (QED) is 0.654. The van der Waals surface area contributed by atoms with Crippen molar-refractivity contribution in [2.75, 3.05) is 23.7 Å². The van der Waals surface area contributed by atoms with Gasteiger partial charge in [-0.25, -0.2) is 0 Å². The highest BCUT2D eigenvalue weighted by atomic mass is 16.2. The molecule has 32 heavy (non-hydrogen) atoms. The van der Waals surface area contributed by atoms with Crippen molar-refractivity contribution in [2.24, 2.45) is 0 Å². The van der Waals surface area contributed by atoms with Gasteiger partial charge in [0.2, 0.25) is 5.91 Å². The molecule has 1 spiro atoms. The molecule has 2 amide bonds. The highest BCUT2D eigenvalue weighted by molar-refractivity contribution is 6.09. The number of nitrogens with zero attached hydrogens (tertiary/aromatic N) is 2. The topological polar surface area (TPSA) is 74.3 Å². The molecule has 2 aromatic carbocycles. The summed E-state index contributed by atoms with van der Waals surface area (Å²) in [5.41, 5.74) is 4.64. The van der Waals surface area contributed by atoms with Crippen LogP contribution in [0.15, 0.2) is 67.0 Å². The molecule has 160 valence electrons. The number of pyridine rings is 1. The molecule has 3 aliphatic rings. The molecular weight excluding hydrogens is 400 g/mol. The zero-order valence-electron chi connectivity index (χ0n) is 17.7. The fourth-order valence-corrected chi connectivity index (χ4v) is 5.75. The van der Waals surface area contributed by atoms with Crippen LogP contribution in [0.5, 0.6) is 0 Å². The molecule has 4 heterocycles. The standard InChI is InChI=1S/C26H24N4O2/c31-24(19-9-3-6-17-7-5-14-28-22(17)19)30-15-12-26(23(30)18-8-4-13-27-16-18)20-10-1-2-11-21(20)29-25(26)32/h1-4,6,8-11,13,16,23,28H,5,7,12,14-15H2,(H,29,32). The molecular formula is C26H24N4O2. The van der Waals surface area contributed by atoms with Crippen LogP contribution >= 0.6 is 0 Å². The lowest BCUT2D eigenvalue weighted by Crippen LogP contribution is -2.43. The number of hydrogen-bond donors (Lipinski definition) is 2. The second-order valence-corrected chi connectivity index (χ2v) is 8.78. The number of carbonyl (C=O) groups excluding carboxylic acids is 2. The van der Waals surface area contributed by atoms with Crippen LogP contribution in [0.25, 0.3) is 0 Å². The van der Waals surface area contributed by atoms with E-state index in [2.05, 4.69) is 21.7 Å². The monoisotopic (exact) mass is 424 g/mol. The number of para-hydroxylation sites is 2. The highest BCUT2D eigenvalue weighted by Gasteiger charge is 2.59. The fraction of sp³-hybridized carbons (Fsp3) is 0.269. The molecule has 2 atom stereocenters. The Hall–Kier alpha value is -3.67. The van der Waals surface area contributed by atoms with E-state index in [1.807, 2.05) is 53.4 Å². The van der Waals surface area contributed by atoms with Crippen LogP contribution in [0.2, 0.25) is 0 Å². The zero-order valence-corrected chi connectivity index (χ0v) is 17.7. The van der Waals surface area contributed by atoms with Gasteiger partial charge in [-0.3, -0.25) is 14.6 Å². The van der Waals surface area contributed by atoms with Crippen molar-refractivity contribution in [3.63, 3.8) is 0 Å². The summed E-state index contributed by atoms with van der Waals surface area (Å²) in [6.45, 7) is 1.37. The number of aryl methyl sites for hydroxylation is 1. The summed E-state index contributed by atoms with van der Waals surface area (Å²) < 4.78 is 0. The maximum atomic E-state index is 14.0. The van der Waals surface area contributed by atoms with Gasteiger partial charge in [0.25, 0.3) is 5.91 Å². The fourth-order valence-electron chi connectivity index (χ4n) is 5.75. The van der Waals surface area contributed by atoms with Crippen LogP contribution in [-0.4, -0.2) is 34.8 Å². The molecule has 2 N–H and O–H groups in total. The molecule has 0 radical (unpaired) electrons. The summed E-state index contributed by atoms with van der Waals surface area (Å²) >= 11 is 0. The number of aromatic nitrogens is 1. The number of likely N-dealkylation sites (tertiary alicyclic amines) is 1. The maximum Gasteiger partial charge on any atom is 0.256 e. The molecule has 1 fully saturated rings. The number of nitrogens with one attached hydrogen (secondary N) is 2. The molecule has 3 aliphatic heterocycles. The zero-order chi connectivity index (χ0) is 21.7. The summed E-state index contributed by atoms with van der Waals surface area (Å²) in [7, 11) is 0. The van der Waals surface area contributed by atoms with Gasteiger partial charge >= 0.3 is 0 Å². The van der Waals surface area contributed by atoms with E-state index >= 15 is 0 Å². The summed E-state index contributed by atoms with van der Waals surface area (Å²) in [5, 5.41) is 6.51. The van der Waals surface area contributed by atoms with Gasteiger partial charge in [0.15, 0.2) is 0 Å². The molecule has 6 rings (SSSR count). The van der Waals surface area contributed by atoms with Gasteiger partial charge in [0.05, 0.1) is 17.3 Å². The largest absolute Gasteiger partial charge is 0.384 e. The van der Waals surface area contributed by atoms with E-state index in [9.17, 15) is 9.59 Å². The Labute approximate surface area is 186 Å². The first-order valence-electron chi connectivity index (χ1n) is 11.2. The van der Waals surface area contributed by atoms with Gasteiger partial charge in [-0.15, -0.1) is 0 Å².